The third-order valence-corrected chi connectivity index (χ3v) is 11.4. The Kier molecular flexibility index (Phi) is 12.8. The number of carbonyl (C=O) groups excluding carboxylic acids is 2. The van der Waals surface area contributed by atoms with Crippen molar-refractivity contribution in [1.29, 1.82) is 0 Å². The summed E-state index contributed by atoms with van der Waals surface area (Å²) in [5.41, 5.74) is 5.43. The molecule has 10 heteroatoms. The van der Waals surface area contributed by atoms with Crippen molar-refractivity contribution in [2.75, 3.05) is 26.4 Å². The third kappa shape index (κ3) is 9.68. The lowest BCUT2D eigenvalue weighted by Crippen LogP contribution is -2.23. The number of aromatic nitrogens is 2. The van der Waals surface area contributed by atoms with Gasteiger partial charge in [-0.2, -0.15) is 0 Å². The molecule has 0 saturated heterocycles. The molecule has 0 fully saturated rings. The van der Waals surface area contributed by atoms with Gasteiger partial charge in [-0.05, 0) is 49.2 Å². The van der Waals surface area contributed by atoms with Gasteiger partial charge in [0.1, 0.15) is 24.8 Å². The fourth-order valence-electron chi connectivity index (χ4n) is 5.37. The molecule has 258 valence electrons. The first-order valence-electron chi connectivity index (χ1n) is 16.9. The van der Waals surface area contributed by atoms with E-state index in [1.165, 1.54) is 0 Å². The Balaban J connectivity index is 1.99. The summed E-state index contributed by atoms with van der Waals surface area (Å²) < 4.78 is 27.7. The van der Waals surface area contributed by atoms with E-state index in [2.05, 4.69) is 39.3 Å². The van der Waals surface area contributed by atoms with Gasteiger partial charge in [0.2, 0.25) is 0 Å². The fraction of sp³-hybridized carbons (Fsp3) is 0.421. The molecular formula is C38H52N2O6Si2. The Morgan fingerprint density at radius 2 is 0.938 bits per heavy atom. The summed E-state index contributed by atoms with van der Waals surface area (Å²) in [5, 5.41) is 0. The smallest absolute Gasteiger partial charge is 0.355 e. The molecule has 0 bridgehead atoms. The summed E-state index contributed by atoms with van der Waals surface area (Å²) in [5.74, 6) is -0.871. The van der Waals surface area contributed by atoms with Crippen LogP contribution in [-0.2, 0) is 32.4 Å². The molecule has 0 amide bonds. The maximum absolute atomic E-state index is 13.8. The van der Waals surface area contributed by atoms with Gasteiger partial charge in [0.15, 0.2) is 0 Å². The highest BCUT2D eigenvalue weighted by Crippen LogP contribution is 2.39. The van der Waals surface area contributed by atoms with Crippen LogP contribution in [0.1, 0.15) is 34.8 Å². The molecule has 2 heterocycles. The first-order valence-corrected chi connectivity index (χ1v) is 24.3. The van der Waals surface area contributed by atoms with Crippen molar-refractivity contribution >= 4 is 28.1 Å². The molecule has 0 radical (unpaired) electrons. The highest BCUT2D eigenvalue weighted by Gasteiger charge is 2.30. The largest absolute Gasteiger partial charge is 0.461 e. The van der Waals surface area contributed by atoms with Crippen LogP contribution in [-0.4, -0.2) is 63.6 Å². The van der Waals surface area contributed by atoms with E-state index in [9.17, 15) is 9.59 Å². The van der Waals surface area contributed by atoms with Crippen LogP contribution < -0.4 is 0 Å². The molecule has 0 spiro atoms. The van der Waals surface area contributed by atoms with E-state index in [4.69, 9.17) is 18.9 Å². The van der Waals surface area contributed by atoms with E-state index in [0.717, 1.165) is 34.3 Å². The number of hydrogen-bond acceptors (Lipinski definition) is 6. The Morgan fingerprint density at radius 3 is 1.25 bits per heavy atom. The summed E-state index contributed by atoms with van der Waals surface area (Å²) in [6.07, 6.45) is 0. The van der Waals surface area contributed by atoms with Gasteiger partial charge in [-0.1, -0.05) is 99.9 Å². The molecular weight excluding hydrogens is 637 g/mol. The predicted molar refractivity (Wildman–Crippen MR) is 199 cm³/mol. The van der Waals surface area contributed by atoms with Gasteiger partial charge in [-0.15, -0.1) is 0 Å². The molecule has 48 heavy (non-hydrogen) atoms. The average molecular weight is 689 g/mol. The lowest BCUT2D eigenvalue weighted by atomic mass is 10.0. The first kappa shape index (κ1) is 37.1. The van der Waals surface area contributed by atoms with Gasteiger partial charge >= 0.3 is 11.9 Å². The first-order chi connectivity index (χ1) is 22.8. The molecule has 2 aromatic carbocycles. The van der Waals surface area contributed by atoms with E-state index in [0.29, 0.717) is 36.0 Å². The molecule has 4 aromatic rings. The number of benzene rings is 2. The molecule has 0 unspecified atom stereocenters. The Bertz CT molecular complexity index is 1530. The van der Waals surface area contributed by atoms with Crippen LogP contribution >= 0.6 is 0 Å². The van der Waals surface area contributed by atoms with Crippen molar-refractivity contribution < 1.29 is 28.5 Å². The summed E-state index contributed by atoms with van der Waals surface area (Å²) in [4.78, 5) is 27.6. The summed E-state index contributed by atoms with van der Waals surface area (Å²) in [7, 11) is -2.73. The van der Waals surface area contributed by atoms with Crippen LogP contribution in [0.5, 0.6) is 0 Å². The lowest BCUT2D eigenvalue weighted by Gasteiger charge is -2.20. The summed E-state index contributed by atoms with van der Waals surface area (Å²) in [6, 6.07) is 25.6. The van der Waals surface area contributed by atoms with E-state index in [-0.39, 0.29) is 26.7 Å². The second-order valence-corrected chi connectivity index (χ2v) is 25.6. The van der Waals surface area contributed by atoms with Crippen LogP contribution in [0, 0.1) is 0 Å². The number of ether oxygens (including phenoxy) is 4. The van der Waals surface area contributed by atoms with Crippen LogP contribution in [0.2, 0.25) is 51.4 Å². The lowest BCUT2D eigenvalue weighted by molar-refractivity contribution is 0.0463. The second-order valence-electron chi connectivity index (χ2n) is 14.3. The highest BCUT2D eigenvalue weighted by atomic mass is 28.3. The molecule has 0 aliphatic heterocycles. The van der Waals surface area contributed by atoms with Gasteiger partial charge < -0.3 is 28.1 Å². The van der Waals surface area contributed by atoms with Crippen molar-refractivity contribution in [2.45, 2.75) is 78.7 Å². The van der Waals surface area contributed by atoms with Crippen LogP contribution in [0.25, 0.3) is 33.6 Å². The topological polar surface area (TPSA) is 80.9 Å². The maximum atomic E-state index is 13.8. The molecule has 0 N–H and O–H groups in total. The van der Waals surface area contributed by atoms with Crippen LogP contribution in [0.4, 0.5) is 0 Å². The minimum absolute atomic E-state index is 0.137. The zero-order valence-corrected chi connectivity index (χ0v) is 31.9. The Labute approximate surface area is 288 Å². The zero-order chi connectivity index (χ0) is 34.9. The van der Waals surface area contributed by atoms with Gasteiger partial charge in [0, 0.05) is 40.5 Å². The minimum Gasteiger partial charge on any atom is -0.461 e. The fourth-order valence-corrected chi connectivity index (χ4v) is 6.89. The molecule has 8 nitrogen and oxygen atoms in total. The molecule has 0 saturated carbocycles. The molecule has 0 atom stereocenters. The van der Waals surface area contributed by atoms with Crippen molar-refractivity contribution in [3.05, 3.63) is 84.2 Å². The molecule has 0 aliphatic carbocycles. The predicted octanol–water partition coefficient (Wildman–Crippen LogP) is 9.27. The van der Waals surface area contributed by atoms with Gasteiger partial charge in [-0.3, -0.25) is 0 Å². The van der Waals surface area contributed by atoms with E-state index < -0.39 is 28.1 Å². The quantitative estimate of drug-likeness (QED) is 0.0625. The minimum atomic E-state index is -1.37. The number of esters is 2. The number of rotatable bonds is 17. The molecule has 0 aliphatic rings. The molecule has 4 rings (SSSR count). The number of carbonyl (C=O) groups is 2. The Morgan fingerprint density at radius 1 is 0.583 bits per heavy atom. The normalized spacial score (nSPS) is 11.9. The van der Waals surface area contributed by atoms with Crippen LogP contribution in [0.3, 0.4) is 0 Å². The SMILES string of the molecule is CCOC(=O)c1c(-c2ccccc2)cc(-c2cc(-c3ccccc3)c(C(=O)OCC)n2COCC[Si](C)(C)C)n1COCC[Si](C)(C)C. The summed E-state index contributed by atoms with van der Waals surface area (Å²) in [6.45, 7) is 19.4. The van der Waals surface area contributed by atoms with Crippen LogP contribution in [0.15, 0.2) is 72.8 Å². The van der Waals surface area contributed by atoms with E-state index in [1.807, 2.05) is 81.9 Å². The maximum Gasteiger partial charge on any atom is 0.355 e. The highest BCUT2D eigenvalue weighted by molar-refractivity contribution is 6.76. The van der Waals surface area contributed by atoms with E-state index >= 15 is 0 Å². The standard InChI is InChI=1S/C38H52N2O6Si2/c1-9-45-37(41)35-31(29-17-13-11-14-18-29)25-33(39(35)27-43-21-23-47(3,4)5)34-26-32(30-19-15-12-16-20-30)36(38(42)46-10-2)40(34)28-44-22-24-48(6,7)8/h11-20,25-26H,9-10,21-24,27-28H2,1-8H3. The van der Waals surface area contributed by atoms with Gasteiger partial charge in [0.25, 0.3) is 0 Å². The zero-order valence-electron chi connectivity index (χ0n) is 29.9. The second kappa shape index (κ2) is 16.6. The number of nitrogens with zero attached hydrogens (tertiary/aromatic N) is 2. The monoisotopic (exact) mass is 688 g/mol. The van der Waals surface area contributed by atoms with E-state index in [1.54, 1.807) is 13.8 Å². The van der Waals surface area contributed by atoms with Crippen molar-refractivity contribution in [2.24, 2.45) is 0 Å². The third-order valence-electron chi connectivity index (χ3n) is 8.00. The van der Waals surface area contributed by atoms with Gasteiger partial charge in [0.05, 0.1) is 24.6 Å². The summed E-state index contributed by atoms with van der Waals surface area (Å²) >= 11 is 0. The Hall–Kier alpha value is -3.71. The van der Waals surface area contributed by atoms with Crippen molar-refractivity contribution in [1.82, 2.24) is 9.13 Å². The van der Waals surface area contributed by atoms with Crippen molar-refractivity contribution in [3.63, 3.8) is 0 Å². The van der Waals surface area contributed by atoms with Crippen molar-refractivity contribution in [3.8, 4) is 33.6 Å². The van der Waals surface area contributed by atoms with Gasteiger partial charge in [-0.25, -0.2) is 9.59 Å². The molecule has 2 aromatic heterocycles. The average Bonchev–Trinajstić information content (AvgIpc) is 3.60. The number of hydrogen-bond donors (Lipinski definition) is 0.